The molecule has 0 aromatic heterocycles. The summed E-state index contributed by atoms with van der Waals surface area (Å²) in [6, 6.07) is 14.4. The van der Waals surface area contributed by atoms with E-state index in [-0.39, 0.29) is 18.4 Å². The Bertz CT molecular complexity index is 699. The molecule has 0 saturated heterocycles. The molecule has 0 unspecified atom stereocenters. The lowest BCUT2D eigenvalue weighted by Crippen LogP contribution is -2.21. The predicted molar refractivity (Wildman–Crippen MR) is 95.5 cm³/mol. The maximum absolute atomic E-state index is 12.0. The largest absolute Gasteiger partial charge is 0.497 e. The highest BCUT2D eigenvalue weighted by molar-refractivity contribution is 5.95. The molecule has 6 nitrogen and oxygen atoms in total. The molecule has 2 aromatic rings. The monoisotopic (exact) mass is 327 g/mol. The summed E-state index contributed by atoms with van der Waals surface area (Å²) in [6.45, 7) is 1.92. The van der Waals surface area contributed by atoms with Gasteiger partial charge in [0.25, 0.3) is 0 Å². The maximum Gasteiger partial charge on any atom is 0.243 e. The average molecular weight is 327 g/mol. The lowest BCUT2D eigenvalue weighted by Gasteiger charge is -2.10. The van der Waals surface area contributed by atoms with Crippen molar-refractivity contribution in [3.63, 3.8) is 0 Å². The van der Waals surface area contributed by atoms with Crippen LogP contribution in [0.4, 0.5) is 17.1 Å². The van der Waals surface area contributed by atoms with Crippen molar-refractivity contribution in [2.75, 3.05) is 29.6 Å². The summed E-state index contributed by atoms with van der Waals surface area (Å²) in [5, 5.41) is 8.58. The summed E-state index contributed by atoms with van der Waals surface area (Å²) in [7, 11) is 1.60. The van der Waals surface area contributed by atoms with Crippen LogP contribution in [0.5, 0.6) is 5.75 Å². The first-order chi connectivity index (χ1) is 11.6. The number of methoxy groups -OCH3 is 1. The van der Waals surface area contributed by atoms with Gasteiger partial charge in [0, 0.05) is 23.5 Å². The Labute approximate surface area is 141 Å². The van der Waals surface area contributed by atoms with Gasteiger partial charge in [-0.2, -0.15) is 0 Å². The van der Waals surface area contributed by atoms with Gasteiger partial charge in [0.15, 0.2) is 0 Å². The minimum absolute atomic E-state index is 0.0698. The Hall–Kier alpha value is -3.02. The zero-order chi connectivity index (χ0) is 17.4. The summed E-state index contributed by atoms with van der Waals surface area (Å²) in [5.74, 6) is 0.514. The van der Waals surface area contributed by atoms with E-state index in [2.05, 4.69) is 16.0 Å². The molecule has 0 spiro atoms. The van der Waals surface area contributed by atoms with Crippen molar-refractivity contribution in [1.82, 2.24) is 0 Å². The zero-order valence-electron chi connectivity index (χ0n) is 13.8. The second-order valence-electron chi connectivity index (χ2n) is 5.11. The van der Waals surface area contributed by atoms with Crippen LogP contribution in [0.2, 0.25) is 0 Å². The van der Waals surface area contributed by atoms with Gasteiger partial charge in [-0.25, -0.2) is 0 Å². The van der Waals surface area contributed by atoms with Crippen molar-refractivity contribution in [2.45, 2.75) is 13.3 Å². The van der Waals surface area contributed by atoms with Crippen molar-refractivity contribution in [3.05, 3.63) is 48.5 Å². The van der Waals surface area contributed by atoms with E-state index in [4.69, 9.17) is 4.74 Å². The van der Waals surface area contributed by atoms with Crippen LogP contribution in [0.3, 0.4) is 0 Å². The van der Waals surface area contributed by atoms with E-state index in [1.165, 1.54) is 0 Å². The summed E-state index contributed by atoms with van der Waals surface area (Å²) < 4.78 is 5.08. The fraction of sp³-hybridized carbons (Fsp3) is 0.222. The number of carbonyl (C=O) groups excluding carboxylic acids is 2. The second-order valence-corrected chi connectivity index (χ2v) is 5.11. The smallest absolute Gasteiger partial charge is 0.243 e. The first kappa shape index (κ1) is 17.3. The molecule has 0 aliphatic carbocycles. The molecule has 0 fully saturated rings. The van der Waals surface area contributed by atoms with Crippen molar-refractivity contribution < 1.29 is 14.3 Å². The van der Waals surface area contributed by atoms with Crippen LogP contribution in [0, 0.1) is 0 Å². The van der Waals surface area contributed by atoms with E-state index in [0.29, 0.717) is 17.8 Å². The number of ether oxygens (including phenoxy) is 1. The molecule has 0 heterocycles. The Balaban J connectivity index is 1.87. The number of benzene rings is 2. The number of nitrogens with one attached hydrogen (secondary N) is 3. The standard InChI is InChI=1S/C18H21N3O3/c1-3-17(22)20-14-5-4-6-15(11-14)21-18(23)12-19-13-7-9-16(24-2)10-8-13/h4-11,19H,3,12H2,1-2H3,(H,20,22)(H,21,23). The topological polar surface area (TPSA) is 79.5 Å². The first-order valence-electron chi connectivity index (χ1n) is 7.68. The Morgan fingerprint density at radius 3 is 2.12 bits per heavy atom. The lowest BCUT2D eigenvalue weighted by atomic mass is 10.2. The van der Waals surface area contributed by atoms with Gasteiger partial charge >= 0.3 is 0 Å². The van der Waals surface area contributed by atoms with Crippen molar-refractivity contribution in [3.8, 4) is 5.75 Å². The number of rotatable bonds is 7. The van der Waals surface area contributed by atoms with Gasteiger partial charge in [-0.3, -0.25) is 9.59 Å². The van der Waals surface area contributed by atoms with Crippen LogP contribution in [-0.4, -0.2) is 25.5 Å². The van der Waals surface area contributed by atoms with Crippen molar-refractivity contribution >= 4 is 28.9 Å². The SMILES string of the molecule is CCC(=O)Nc1cccc(NC(=O)CNc2ccc(OC)cc2)c1. The van der Waals surface area contributed by atoms with Gasteiger partial charge in [-0.1, -0.05) is 13.0 Å². The van der Waals surface area contributed by atoms with Crippen LogP contribution in [0.25, 0.3) is 0 Å². The van der Waals surface area contributed by atoms with E-state index in [1.54, 1.807) is 38.3 Å². The Kier molecular flexibility index (Phi) is 6.19. The van der Waals surface area contributed by atoms with Gasteiger partial charge < -0.3 is 20.7 Å². The average Bonchev–Trinajstić information content (AvgIpc) is 2.60. The minimum atomic E-state index is -0.176. The van der Waals surface area contributed by atoms with Crippen LogP contribution in [-0.2, 0) is 9.59 Å². The van der Waals surface area contributed by atoms with E-state index >= 15 is 0 Å². The zero-order valence-corrected chi connectivity index (χ0v) is 13.8. The lowest BCUT2D eigenvalue weighted by molar-refractivity contribution is -0.116. The molecule has 0 aliphatic rings. The molecule has 0 radical (unpaired) electrons. The number of amides is 2. The van der Waals surface area contributed by atoms with Crippen LogP contribution < -0.4 is 20.7 Å². The molecule has 0 saturated carbocycles. The van der Waals surface area contributed by atoms with Gasteiger partial charge in [-0.05, 0) is 42.5 Å². The fourth-order valence-corrected chi connectivity index (χ4v) is 2.02. The predicted octanol–water partition coefficient (Wildman–Crippen LogP) is 3.09. The third kappa shape index (κ3) is 5.31. The Morgan fingerprint density at radius 2 is 1.54 bits per heavy atom. The van der Waals surface area contributed by atoms with E-state index in [1.807, 2.05) is 24.3 Å². The normalized spacial score (nSPS) is 9.92. The third-order valence-electron chi connectivity index (χ3n) is 3.29. The van der Waals surface area contributed by atoms with Gasteiger partial charge in [-0.15, -0.1) is 0 Å². The summed E-state index contributed by atoms with van der Waals surface area (Å²) in [6.07, 6.45) is 0.405. The van der Waals surface area contributed by atoms with E-state index in [9.17, 15) is 9.59 Å². The summed E-state index contributed by atoms with van der Waals surface area (Å²) >= 11 is 0. The second kappa shape index (κ2) is 8.57. The molecule has 6 heteroatoms. The maximum atomic E-state index is 12.0. The van der Waals surface area contributed by atoms with Crippen molar-refractivity contribution in [2.24, 2.45) is 0 Å². The highest BCUT2D eigenvalue weighted by Crippen LogP contribution is 2.16. The van der Waals surface area contributed by atoms with Crippen LogP contribution in [0.1, 0.15) is 13.3 Å². The fourth-order valence-electron chi connectivity index (χ4n) is 2.02. The molecular weight excluding hydrogens is 306 g/mol. The molecule has 126 valence electrons. The van der Waals surface area contributed by atoms with E-state index in [0.717, 1.165) is 11.4 Å². The molecule has 3 N–H and O–H groups in total. The molecule has 0 bridgehead atoms. The highest BCUT2D eigenvalue weighted by atomic mass is 16.5. The first-order valence-corrected chi connectivity index (χ1v) is 7.68. The molecule has 0 atom stereocenters. The van der Waals surface area contributed by atoms with Crippen LogP contribution >= 0.6 is 0 Å². The highest BCUT2D eigenvalue weighted by Gasteiger charge is 2.04. The minimum Gasteiger partial charge on any atom is -0.497 e. The number of hydrogen-bond acceptors (Lipinski definition) is 4. The molecule has 2 aromatic carbocycles. The summed E-state index contributed by atoms with van der Waals surface area (Å²) in [5.41, 5.74) is 2.11. The number of anilines is 3. The third-order valence-corrected chi connectivity index (χ3v) is 3.29. The molecule has 2 amide bonds. The molecule has 0 aliphatic heterocycles. The van der Waals surface area contributed by atoms with E-state index < -0.39 is 0 Å². The van der Waals surface area contributed by atoms with Gasteiger partial charge in [0.1, 0.15) is 5.75 Å². The van der Waals surface area contributed by atoms with Crippen LogP contribution in [0.15, 0.2) is 48.5 Å². The Morgan fingerprint density at radius 1 is 0.917 bits per heavy atom. The molecule has 2 rings (SSSR count). The molecule has 24 heavy (non-hydrogen) atoms. The van der Waals surface area contributed by atoms with Gasteiger partial charge in [0.2, 0.25) is 11.8 Å². The number of carbonyl (C=O) groups is 2. The van der Waals surface area contributed by atoms with Crippen molar-refractivity contribution in [1.29, 1.82) is 0 Å². The number of hydrogen-bond donors (Lipinski definition) is 3. The molecular formula is C18H21N3O3. The quantitative estimate of drug-likeness (QED) is 0.730. The summed E-state index contributed by atoms with van der Waals surface area (Å²) in [4.78, 5) is 23.4. The van der Waals surface area contributed by atoms with Gasteiger partial charge in [0.05, 0.1) is 13.7 Å².